The van der Waals surface area contributed by atoms with Crippen molar-refractivity contribution in [3.63, 3.8) is 0 Å². The van der Waals surface area contributed by atoms with Gasteiger partial charge in [0.05, 0.1) is 51.3 Å². The van der Waals surface area contributed by atoms with Crippen LogP contribution in [0.2, 0.25) is 0 Å². The number of carbonyl (C=O) groups is 2. The molecule has 21 aliphatic rings. The van der Waals surface area contributed by atoms with Crippen molar-refractivity contribution < 1.29 is 178 Å². The monoisotopic (exact) mass is 1320 g/mol. The zero-order valence-electron chi connectivity index (χ0n) is 46.3. The van der Waals surface area contributed by atoms with E-state index in [1.54, 1.807) is 0 Å². The molecule has 21 saturated heterocycles. The Balaban J connectivity index is 1.10. The summed E-state index contributed by atoms with van der Waals surface area (Å²) in [6, 6.07) is -2.89. The van der Waals surface area contributed by atoms with E-state index >= 15 is 0 Å². The number of ether oxygens (including phenoxy) is 14. The third kappa shape index (κ3) is 15.8. The van der Waals surface area contributed by atoms with Crippen molar-refractivity contribution in [2.24, 2.45) is 11.5 Å². The molecule has 0 saturated carbocycles. The van der Waals surface area contributed by atoms with E-state index < -0.39 is 272 Å². The largest absolute Gasteiger partial charge is 0.480 e. The Labute approximate surface area is 507 Å². The van der Waals surface area contributed by atoms with Crippen molar-refractivity contribution in [2.75, 3.05) is 56.0 Å². The van der Waals surface area contributed by atoms with Crippen LogP contribution in [-0.2, 0) is 75.9 Å². The van der Waals surface area contributed by atoms with Crippen molar-refractivity contribution >= 4 is 35.5 Å². The molecule has 0 spiro atoms. The highest BCUT2D eigenvalue weighted by Gasteiger charge is 2.59. The molecular weight excluding hydrogens is 1240 g/mol. The van der Waals surface area contributed by atoms with Crippen LogP contribution in [0.15, 0.2) is 0 Å². The minimum atomic E-state index is -2.25. The molecule has 40 heteroatoms. The average molecular weight is 1330 g/mol. The first-order valence-corrected chi connectivity index (χ1v) is 30.3. The maximum atomic E-state index is 11.7. The van der Waals surface area contributed by atoms with Gasteiger partial charge in [0, 0.05) is 29.4 Å². The number of hydrogen-bond acceptors (Lipinski definition) is 38. The molecule has 21 fully saturated rings. The van der Waals surface area contributed by atoms with Crippen LogP contribution < -0.4 is 11.5 Å². The molecule has 0 aromatic rings. The van der Waals surface area contributed by atoms with E-state index in [0.29, 0.717) is 0 Å². The van der Waals surface area contributed by atoms with Gasteiger partial charge in [-0.2, -0.15) is 23.5 Å². The number of nitrogens with two attached hydrogens (primary N) is 2. The van der Waals surface area contributed by atoms with Gasteiger partial charge in [0.2, 0.25) is 0 Å². The summed E-state index contributed by atoms with van der Waals surface area (Å²) in [4.78, 5) is 23.2. The number of rotatable bonds is 15. The number of carboxylic acids is 2. The fourth-order valence-corrected chi connectivity index (χ4v) is 13.2. The normalized spacial score (nSPS) is 49.7. The second kappa shape index (κ2) is 31.7. The zero-order valence-corrected chi connectivity index (χ0v) is 47.9. The van der Waals surface area contributed by atoms with Crippen molar-refractivity contribution in [1.82, 2.24) is 0 Å². The molecule has 0 aromatic heterocycles. The number of hydrogen-bond donors (Lipinski definition) is 22. The summed E-state index contributed by atoms with van der Waals surface area (Å²) in [5.74, 6) is -4.09. The van der Waals surface area contributed by atoms with Crippen molar-refractivity contribution in [3.8, 4) is 0 Å². The number of aliphatic carboxylic acids is 2. The first-order chi connectivity index (χ1) is 41.8. The fraction of sp³-hybridized carbons (Fsp3) is 0.958. The lowest BCUT2D eigenvalue weighted by Crippen LogP contribution is -2.68. The molecule has 0 aromatic carbocycles. The van der Waals surface area contributed by atoms with Gasteiger partial charge in [-0.15, -0.1) is 0 Å². The minimum absolute atomic E-state index is 0.276. The maximum absolute atomic E-state index is 11.7. The van der Waals surface area contributed by atoms with Crippen molar-refractivity contribution in [3.05, 3.63) is 0 Å². The summed E-state index contributed by atoms with van der Waals surface area (Å²) in [5.41, 5.74) is 11.4. The van der Waals surface area contributed by atoms with Gasteiger partial charge >= 0.3 is 11.9 Å². The molecule has 88 heavy (non-hydrogen) atoms. The number of carboxylic acid groups (broad SMARTS) is 2. The standard InChI is InChI=1S/C48H80N2O36S2/c49-11(40(69)70)7-87-9-20-38-26(61)28(63)43(79-20)73-14-1-13(56)42(74-15(14)2-51)81-34-16(3-52)75-44(29(64)22(34)57)82-35-17(4-53)78-47(32(67)25(35)60)86-39-21(10-88-8-12(50)41(71)72)80-48(33(68)27(39)62)84-37-19(6-55)76-45(30(65)23(37)58)83-36-18(5-54)77-46(85-38)31(66)24(36)59/h11-39,42-48,51-68H,1-10,49-50H2,(H,69,70)(H,71,72)/t11-,12-,13?,14+,15?,16?,17?,18?,19?,20?,21?,22-,23-,24-,25-,26-,27-,28?,29?,30?,31?,32?,33?,34-,35-,36-,37-,38-,39+,42-,43-,44-,45+,46+,47+,48-/m1/s1. The van der Waals surface area contributed by atoms with Crippen LogP contribution >= 0.6 is 23.5 Å². The van der Waals surface area contributed by atoms with Crippen LogP contribution in [-0.4, -0.2) is 391 Å². The molecule has 0 amide bonds. The Hall–Kier alpha value is -1.72. The summed E-state index contributed by atoms with van der Waals surface area (Å²) < 4.78 is 82.2. The van der Waals surface area contributed by atoms with Gasteiger partial charge in [-0.25, -0.2) is 0 Å². The lowest BCUT2D eigenvalue weighted by molar-refractivity contribution is -0.394. The molecule has 36 atom stereocenters. The second-order valence-electron chi connectivity index (χ2n) is 22.1. The molecule has 21 rings (SSSR count). The molecular formula is C48H80N2O36S2. The van der Waals surface area contributed by atoms with Crippen LogP contribution in [0.4, 0.5) is 0 Å². The van der Waals surface area contributed by atoms with Gasteiger partial charge in [0.25, 0.3) is 0 Å². The third-order valence-corrected chi connectivity index (χ3v) is 18.4. The van der Waals surface area contributed by atoms with Crippen molar-refractivity contribution in [2.45, 2.75) is 227 Å². The summed E-state index contributed by atoms with van der Waals surface area (Å²) >= 11 is 1.66. The van der Waals surface area contributed by atoms with E-state index in [2.05, 4.69) is 0 Å². The molecule has 0 aliphatic carbocycles. The Morgan fingerprint density at radius 2 is 0.557 bits per heavy atom. The van der Waals surface area contributed by atoms with E-state index in [4.69, 9.17) is 77.8 Å². The Morgan fingerprint density at radius 1 is 0.330 bits per heavy atom. The summed E-state index contributed by atoms with van der Waals surface area (Å²) in [6.07, 6.45) is -66.8. The predicted molar refractivity (Wildman–Crippen MR) is 279 cm³/mol. The van der Waals surface area contributed by atoms with Crippen LogP contribution in [0.5, 0.6) is 0 Å². The smallest absolute Gasteiger partial charge is 0.321 e. The summed E-state index contributed by atoms with van der Waals surface area (Å²) in [7, 11) is 0. The lowest BCUT2D eigenvalue weighted by Gasteiger charge is -2.50. The molecule has 0 radical (unpaired) electrons. The van der Waals surface area contributed by atoms with Gasteiger partial charge in [-0.1, -0.05) is 0 Å². The van der Waals surface area contributed by atoms with E-state index in [1.165, 1.54) is 0 Å². The van der Waals surface area contributed by atoms with E-state index in [0.717, 1.165) is 23.5 Å². The number of aliphatic hydroxyl groups excluding tert-OH is 18. The molecule has 21 aliphatic heterocycles. The Kier molecular flexibility index (Phi) is 26.0. The topological polar surface area (TPSA) is 620 Å². The highest BCUT2D eigenvalue weighted by atomic mass is 32.2. The lowest BCUT2D eigenvalue weighted by atomic mass is 9.95. The Morgan fingerprint density at radius 3 is 0.818 bits per heavy atom. The molecule has 21 heterocycles. The van der Waals surface area contributed by atoms with Gasteiger partial charge in [0.1, 0.15) is 159 Å². The quantitative estimate of drug-likeness (QED) is 0.0724. The molecule has 14 bridgehead atoms. The first-order valence-electron chi connectivity index (χ1n) is 27.9. The van der Waals surface area contributed by atoms with Crippen LogP contribution in [0.25, 0.3) is 0 Å². The zero-order chi connectivity index (χ0) is 64.3. The second-order valence-corrected chi connectivity index (χ2v) is 24.3. The predicted octanol–water partition coefficient (Wildman–Crippen LogP) is -13.9. The van der Waals surface area contributed by atoms with Gasteiger partial charge in [-0.3, -0.25) is 9.59 Å². The SMILES string of the molecule is N[C@H](CSCC1O[C@H]2O[C@H]3CC(O)[C@H](OC3CO)O[C@@H]3C(CO)O[C@H](O[C@@H]4C(CO)O[C@@H](O[C@H]5C(CSC[C@@H](N)C(=O)O)O[C@H](O[C@@H]6C(CO)O[C@@H](O[C@@H]7C(CO)O[C@@H](O[C@H]1[C@H](O)C2O)C(O)[C@H]7O)C(O)[C@H]6O)C(O)[C@H]5O)C(O)[C@H]4O)C(O)[C@H]3O)C(=O)O. The van der Waals surface area contributed by atoms with E-state index in [-0.39, 0.29) is 23.0 Å². The third-order valence-electron chi connectivity index (χ3n) is 16.1. The van der Waals surface area contributed by atoms with Gasteiger partial charge in [-0.05, 0) is 0 Å². The van der Waals surface area contributed by atoms with Crippen LogP contribution in [0.1, 0.15) is 6.42 Å². The molecule has 510 valence electrons. The molecule has 24 N–H and O–H groups in total. The van der Waals surface area contributed by atoms with Crippen LogP contribution in [0.3, 0.4) is 0 Å². The highest BCUT2D eigenvalue weighted by molar-refractivity contribution is 7.99. The summed E-state index contributed by atoms with van der Waals surface area (Å²) in [5, 5.41) is 221. The van der Waals surface area contributed by atoms with Gasteiger partial charge < -0.3 is 180 Å². The van der Waals surface area contributed by atoms with Crippen molar-refractivity contribution in [1.29, 1.82) is 0 Å². The fourth-order valence-electron chi connectivity index (χ4n) is 11.1. The molecule has 38 nitrogen and oxygen atoms in total. The van der Waals surface area contributed by atoms with Crippen LogP contribution in [0, 0.1) is 0 Å². The number of aliphatic hydroxyl groups is 18. The summed E-state index contributed by atoms with van der Waals surface area (Å²) in [6.45, 7) is -5.13. The highest BCUT2D eigenvalue weighted by Crippen LogP contribution is 2.39. The van der Waals surface area contributed by atoms with Gasteiger partial charge in [0.15, 0.2) is 44.0 Å². The Bertz CT molecular complexity index is 2190. The average Bonchev–Trinajstić information content (AvgIpc) is 1.99. The van der Waals surface area contributed by atoms with E-state index in [9.17, 15) is 112 Å². The van der Waals surface area contributed by atoms with E-state index in [1.807, 2.05) is 0 Å². The number of thioether (sulfide) groups is 2. The molecule has 14 unspecified atom stereocenters. The first kappa shape index (κ1) is 72.1. The minimum Gasteiger partial charge on any atom is -0.480 e. The maximum Gasteiger partial charge on any atom is 0.321 e.